The SMILES string of the molecule is CN1CCC(N(Cc2ccccc2F)C(=O)CNC(=O)CC2CCCCC2)CC1. The average Bonchev–Trinajstić information content (AvgIpc) is 2.73. The van der Waals surface area contributed by atoms with Gasteiger partial charge < -0.3 is 15.1 Å². The van der Waals surface area contributed by atoms with Crippen LogP contribution in [0.5, 0.6) is 0 Å². The molecule has 1 saturated heterocycles. The van der Waals surface area contributed by atoms with E-state index < -0.39 is 0 Å². The molecule has 2 amide bonds. The highest BCUT2D eigenvalue weighted by molar-refractivity contribution is 5.85. The molecule has 1 aliphatic carbocycles. The first-order valence-electron chi connectivity index (χ1n) is 11.0. The second kappa shape index (κ2) is 10.7. The number of benzene rings is 1. The number of nitrogens with one attached hydrogen (secondary N) is 1. The summed E-state index contributed by atoms with van der Waals surface area (Å²) in [5.41, 5.74) is 0.522. The lowest BCUT2D eigenvalue weighted by Crippen LogP contribution is -2.49. The van der Waals surface area contributed by atoms with Crippen molar-refractivity contribution >= 4 is 11.8 Å². The normalized spacial score (nSPS) is 19.1. The summed E-state index contributed by atoms with van der Waals surface area (Å²) in [7, 11) is 2.07. The summed E-state index contributed by atoms with van der Waals surface area (Å²) in [5, 5.41) is 2.82. The second-order valence-electron chi connectivity index (χ2n) is 8.63. The van der Waals surface area contributed by atoms with Crippen LogP contribution in [0.1, 0.15) is 56.9 Å². The predicted octanol–water partition coefficient (Wildman–Crippen LogP) is 3.34. The number of carbonyl (C=O) groups is 2. The van der Waals surface area contributed by atoms with Gasteiger partial charge in [0.1, 0.15) is 5.82 Å². The molecule has 0 radical (unpaired) electrons. The fraction of sp³-hybridized carbons (Fsp3) is 0.652. The highest BCUT2D eigenvalue weighted by Crippen LogP contribution is 2.26. The van der Waals surface area contributed by atoms with Crippen molar-refractivity contribution in [1.29, 1.82) is 0 Å². The Bertz CT molecular complexity index is 682. The first kappa shape index (κ1) is 21.8. The summed E-state index contributed by atoms with van der Waals surface area (Å²) in [4.78, 5) is 29.3. The highest BCUT2D eigenvalue weighted by Gasteiger charge is 2.28. The molecule has 1 aliphatic heterocycles. The Balaban J connectivity index is 1.59. The van der Waals surface area contributed by atoms with E-state index in [9.17, 15) is 14.0 Å². The lowest BCUT2D eigenvalue weighted by atomic mass is 9.87. The molecule has 2 fully saturated rings. The van der Waals surface area contributed by atoms with Crippen LogP contribution in [0.2, 0.25) is 0 Å². The maximum absolute atomic E-state index is 14.2. The molecule has 1 heterocycles. The van der Waals surface area contributed by atoms with Crippen LogP contribution in [0.15, 0.2) is 24.3 Å². The zero-order valence-corrected chi connectivity index (χ0v) is 17.5. The fourth-order valence-electron chi connectivity index (χ4n) is 4.54. The molecule has 6 heteroatoms. The van der Waals surface area contributed by atoms with Crippen molar-refractivity contribution in [2.75, 3.05) is 26.7 Å². The molecular formula is C23H34FN3O2. The Labute approximate surface area is 173 Å². The lowest BCUT2D eigenvalue weighted by molar-refractivity contribution is -0.136. The van der Waals surface area contributed by atoms with Gasteiger partial charge in [0.05, 0.1) is 6.54 Å². The minimum absolute atomic E-state index is 0.00759. The number of hydrogen-bond acceptors (Lipinski definition) is 3. The van der Waals surface area contributed by atoms with Gasteiger partial charge in [-0.05, 0) is 57.8 Å². The Morgan fingerprint density at radius 3 is 2.48 bits per heavy atom. The topological polar surface area (TPSA) is 52.6 Å². The molecule has 1 N–H and O–H groups in total. The summed E-state index contributed by atoms with van der Waals surface area (Å²) in [5.74, 6) is -0.0129. The molecule has 1 saturated carbocycles. The van der Waals surface area contributed by atoms with Crippen LogP contribution in [-0.4, -0.2) is 54.3 Å². The van der Waals surface area contributed by atoms with Gasteiger partial charge in [0.2, 0.25) is 11.8 Å². The van der Waals surface area contributed by atoms with Crippen molar-refractivity contribution in [3.8, 4) is 0 Å². The standard InChI is InChI=1S/C23H34FN3O2/c1-26-13-11-20(12-14-26)27(17-19-9-5-6-10-21(19)24)23(29)16-25-22(28)15-18-7-3-2-4-8-18/h5-6,9-10,18,20H,2-4,7-8,11-17H2,1H3,(H,25,28). The quantitative estimate of drug-likeness (QED) is 0.760. The third kappa shape index (κ3) is 6.53. The van der Waals surface area contributed by atoms with Crippen molar-refractivity contribution in [2.45, 2.75) is 64.0 Å². The summed E-state index contributed by atoms with van der Waals surface area (Å²) in [6.07, 6.45) is 8.12. The van der Waals surface area contributed by atoms with Crippen molar-refractivity contribution in [1.82, 2.24) is 15.1 Å². The van der Waals surface area contributed by atoms with Crippen molar-refractivity contribution in [2.24, 2.45) is 5.92 Å². The third-order valence-electron chi connectivity index (χ3n) is 6.38. The van der Waals surface area contributed by atoms with Crippen molar-refractivity contribution < 1.29 is 14.0 Å². The first-order chi connectivity index (χ1) is 14.0. The Morgan fingerprint density at radius 2 is 1.79 bits per heavy atom. The molecule has 0 spiro atoms. The second-order valence-corrected chi connectivity index (χ2v) is 8.63. The molecule has 29 heavy (non-hydrogen) atoms. The van der Waals surface area contributed by atoms with E-state index in [2.05, 4.69) is 17.3 Å². The number of amides is 2. The van der Waals surface area contributed by atoms with Crippen LogP contribution < -0.4 is 5.32 Å². The van der Waals surface area contributed by atoms with Gasteiger partial charge in [-0.25, -0.2) is 4.39 Å². The molecule has 0 unspecified atom stereocenters. The van der Waals surface area contributed by atoms with E-state index in [0.29, 0.717) is 17.9 Å². The van der Waals surface area contributed by atoms with Crippen molar-refractivity contribution in [3.05, 3.63) is 35.6 Å². The average molecular weight is 404 g/mol. The maximum Gasteiger partial charge on any atom is 0.242 e. The van der Waals surface area contributed by atoms with Crippen LogP contribution in [0.3, 0.4) is 0 Å². The summed E-state index contributed by atoms with van der Waals surface area (Å²) >= 11 is 0. The molecule has 0 atom stereocenters. The number of hydrogen-bond donors (Lipinski definition) is 1. The molecular weight excluding hydrogens is 369 g/mol. The van der Waals surface area contributed by atoms with Gasteiger partial charge in [-0.2, -0.15) is 0 Å². The number of halogens is 1. The Kier molecular flexibility index (Phi) is 8.04. The predicted molar refractivity (Wildman–Crippen MR) is 112 cm³/mol. The summed E-state index contributed by atoms with van der Waals surface area (Å²) in [6.45, 7) is 2.07. The number of likely N-dealkylation sites (tertiary alicyclic amines) is 1. The van der Waals surface area contributed by atoms with Crippen LogP contribution in [0, 0.1) is 11.7 Å². The Morgan fingerprint density at radius 1 is 1.10 bits per heavy atom. The number of carbonyl (C=O) groups excluding carboxylic acids is 2. The third-order valence-corrected chi connectivity index (χ3v) is 6.38. The molecule has 1 aromatic rings. The first-order valence-corrected chi connectivity index (χ1v) is 11.0. The monoisotopic (exact) mass is 403 g/mol. The molecule has 0 aromatic heterocycles. The van der Waals surface area contributed by atoms with Gasteiger partial charge in [0.15, 0.2) is 0 Å². The van der Waals surface area contributed by atoms with Gasteiger partial charge in [-0.3, -0.25) is 9.59 Å². The van der Waals surface area contributed by atoms with Crippen LogP contribution in [0.4, 0.5) is 4.39 Å². The molecule has 0 bridgehead atoms. The summed E-state index contributed by atoms with van der Waals surface area (Å²) < 4.78 is 14.2. The van der Waals surface area contributed by atoms with Crippen LogP contribution in [0.25, 0.3) is 0 Å². The van der Waals surface area contributed by atoms with Crippen LogP contribution in [-0.2, 0) is 16.1 Å². The largest absolute Gasteiger partial charge is 0.347 e. The zero-order valence-electron chi connectivity index (χ0n) is 17.5. The zero-order chi connectivity index (χ0) is 20.6. The van der Waals surface area contributed by atoms with Gasteiger partial charge >= 0.3 is 0 Å². The van der Waals surface area contributed by atoms with E-state index in [4.69, 9.17) is 0 Å². The van der Waals surface area contributed by atoms with Gasteiger partial charge in [0.25, 0.3) is 0 Å². The van der Waals surface area contributed by atoms with Gasteiger partial charge in [-0.1, -0.05) is 37.5 Å². The minimum atomic E-state index is -0.292. The highest BCUT2D eigenvalue weighted by atomic mass is 19.1. The Hall–Kier alpha value is -1.95. The van der Waals surface area contributed by atoms with Gasteiger partial charge in [0, 0.05) is 24.6 Å². The molecule has 160 valence electrons. The van der Waals surface area contributed by atoms with E-state index in [1.807, 2.05) is 0 Å². The van der Waals surface area contributed by atoms with E-state index in [1.54, 1.807) is 23.1 Å². The van der Waals surface area contributed by atoms with Gasteiger partial charge in [-0.15, -0.1) is 0 Å². The van der Waals surface area contributed by atoms with E-state index in [0.717, 1.165) is 38.8 Å². The number of nitrogens with zero attached hydrogens (tertiary/aromatic N) is 2. The molecule has 2 aliphatic rings. The van der Waals surface area contributed by atoms with Crippen LogP contribution >= 0.6 is 0 Å². The molecule has 5 nitrogen and oxygen atoms in total. The maximum atomic E-state index is 14.2. The number of piperidine rings is 1. The lowest BCUT2D eigenvalue weighted by Gasteiger charge is -2.37. The van der Waals surface area contributed by atoms with E-state index in [-0.39, 0.29) is 36.8 Å². The van der Waals surface area contributed by atoms with Crippen molar-refractivity contribution in [3.63, 3.8) is 0 Å². The van der Waals surface area contributed by atoms with E-state index in [1.165, 1.54) is 25.3 Å². The fourth-order valence-corrected chi connectivity index (χ4v) is 4.54. The number of rotatable bonds is 7. The summed E-state index contributed by atoms with van der Waals surface area (Å²) in [6, 6.07) is 6.69. The molecule has 3 rings (SSSR count). The molecule has 1 aromatic carbocycles. The smallest absolute Gasteiger partial charge is 0.242 e. The minimum Gasteiger partial charge on any atom is -0.347 e. The van der Waals surface area contributed by atoms with E-state index >= 15 is 0 Å².